The maximum Gasteiger partial charge on any atom is 0.586 e. The minimum absolute atomic E-state index is 0.103. The molecule has 33 heavy (non-hydrogen) atoms. The molecule has 1 saturated heterocycles. The highest BCUT2D eigenvalue weighted by atomic mass is 35.5. The van der Waals surface area contributed by atoms with E-state index in [1.54, 1.807) is 6.07 Å². The Balaban J connectivity index is 1.21. The molecule has 6 rings (SSSR count). The molecular weight excluding hydrogens is 480 g/mol. The fourth-order valence-corrected chi connectivity index (χ4v) is 5.22. The Bertz CT molecular complexity index is 1320. The minimum Gasteiger partial charge on any atom is -0.395 e. The molecule has 0 radical (unpaired) electrons. The Morgan fingerprint density at radius 2 is 2.15 bits per heavy atom. The number of anilines is 2. The third-order valence-electron chi connectivity index (χ3n) is 5.96. The van der Waals surface area contributed by atoms with Crippen molar-refractivity contribution in [2.24, 2.45) is 0 Å². The van der Waals surface area contributed by atoms with E-state index in [9.17, 15) is 8.78 Å². The monoisotopic (exact) mass is 497 g/mol. The van der Waals surface area contributed by atoms with Crippen molar-refractivity contribution in [1.82, 2.24) is 23.3 Å². The zero-order chi connectivity index (χ0) is 22.9. The number of nitrogens with one attached hydrogen (secondary N) is 3. The maximum atomic E-state index is 13.6. The third-order valence-corrected chi connectivity index (χ3v) is 6.84. The van der Waals surface area contributed by atoms with Crippen LogP contribution in [0.1, 0.15) is 6.92 Å². The van der Waals surface area contributed by atoms with Gasteiger partial charge in [0.25, 0.3) is 0 Å². The van der Waals surface area contributed by atoms with Gasteiger partial charge in [-0.1, -0.05) is 11.6 Å². The SMILES string of the molecule is C[C@@H]1CN(c2nsnc2Cl)CCN1CC1Nc2c3ccc4c(c3nc(=N)n2N1)OC(F)(F)O4. The highest BCUT2D eigenvalue weighted by Crippen LogP contribution is 2.45. The van der Waals surface area contributed by atoms with E-state index in [2.05, 4.69) is 50.7 Å². The van der Waals surface area contributed by atoms with E-state index in [1.165, 1.54) is 10.7 Å². The summed E-state index contributed by atoms with van der Waals surface area (Å²) in [4.78, 5) is 8.62. The second-order valence-electron chi connectivity index (χ2n) is 8.07. The van der Waals surface area contributed by atoms with Crippen LogP contribution in [0, 0.1) is 5.41 Å². The zero-order valence-electron chi connectivity index (χ0n) is 17.2. The number of rotatable bonds is 3. The minimum atomic E-state index is -3.75. The van der Waals surface area contributed by atoms with Crippen LogP contribution in [0.15, 0.2) is 12.1 Å². The number of hydrogen-bond donors (Lipinski definition) is 3. The van der Waals surface area contributed by atoms with E-state index in [1.807, 2.05) is 0 Å². The van der Waals surface area contributed by atoms with Crippen LogP contribution in [0.5, 0.6) is 11.5 Å². The first-order chi connectivity index (χ1) is 15.8. The van der Waals surface area contributed by atoms with Gasteiger partial charge in [0.05, 0.1) is 11.7 Å². The summed E-state index contributed by atoms with van der Waals surface area (Å²) in [7, 11) is 0. The van der Waals surface area contributed by atoms with Crippen LogP contribution in [-0.2, 0) is 0 Å². The van der Waals surface area contributed by atoms with E-state index in [0.29, 0.717) is 28.7 Å². The van der Waals surface area contributed by atoms with Gasteiger partial charge in [0, 0.05) is 37.6 Å². The van der Waals surface area contributed by atoms with Gasteiger partial charge in [0.1, 0.15) is 17.5 Å². The molecule has 0 aliphatic carbocycles. The van der Waals surface area contributed by atoms with Crippen LogP contribution in [-0.4, -0.2) is 68.0 Å². The number of nitrogens with zero attached hydrogens (tertiary/aromatic N) is 6. The van der Waals surface area contributed by atoms with Gasteiger partial charge >= 0.3 is 6.29 Å². The zero-order valence-corrected chi connectivity index (χ0v) is 18.8. The molecule has 1 unspecified atom stereocenters. The molecule has 0 spiro atoms. The van der Waals surface area contributed by atoms with Crippen LogP contribution in [0.4, 0.5) is 20.4 Å². The molecule has 2 atom stereocenters. The molecule has 0 saturated carbocycles. The van der Waals surface area contributed by atoms with Gasteiger partial charge in [-0.25, -0.2) is 9.66 Å². The molecule has 2 aromatic heterocycles. The lowest BCUT2D eigenvalue weighted by Crippen LogP contribution is -2.55. The van der Waals surface area contributed by atoms with Crippen LogP contribution in [0.2, 0.25) is 5.15 Å². The Kier molecular flexibility index (Phi) is 4.54. The second-order valence-corrected chi connectivity index (χ2v) is 8.96. The Morgan fingerprint density at radius 3 is 2.91 bits per heavy atom. The first-order valence-corrected chi connectivity index (χ1v) is 11.3. The molecule has 3 aromatic rings. The molecule has 1 aromatic carbocycles. The lowest BCUT2D eigenvalue weighted by atomic mass is 10.2. The van der Waals surface area contributed by atoms with Crippen molar-refractivity contribution in [1.29, 1.82) is 5.41 Å². The first kappa shape index (κ1) is 20.6. The van der Waals surface area contributed by atoms with Crippen LogP contribution >= 0.6 is 23.3 Å². The van der Waals surface area contributed by atoms with Gasteiger partial charge in [-0.3, -0.25) is 15.7 Å². The summed E-state index contributed by atoms with van der Waals surface area (Å²) in [6.07, 6.45) is -3.97. The summed E-state index contributed by atoms with van der Waals surface area (Å²) in [6.45, 7) is 5.07. The number of alkyl halides is 2. The van der Waals surface area contributed by atoms with Crippen molar-refractivity contribution in [3.8, 4) is 11.5 Å². The van der Waals surface area contributed by atoms with Gasteiger partial charge in [-0.15, -0.1) is 8.78 Å². The van der Waals surface area contributed by atoms with E-state index in [0.717, 1.165) is 31.4 Å². The first-order valence-electron chi connectivity index (χ1n) is 10.2. The van der Waals surface area contributed by atoms with Crippen molar-refractivity contribution in [3.05, 3.63) is 22.9 Å². The standard InChI is InChI=1S/C18H18ClF2N9O2S/c1-8-6-29(16-14(19)26-33-27-16)5-4-28(8)7-11-23-15-9-2-3-10-13(32-18(20,21)31-10)12(9)24-17(22)30(15)25-11/h2-3,8,11,22-23,25H,4-7H2,1H3/t8-,11?/m1/s1. The summed E-state index contributed by atoms with van der Waals surface area (Å²) in [5.41, 5.74) is 3.24. The summed E-state index contributed by atoms with van der Waals surface area (Å²) < 4.78 is 46.1. The predicted octanol–water partition coefficient (Wildman–Crippen LogP) is 1.85. The molecule has 3 N–H and O–H groups in total. The molecule has 0 amide bonds. The highest BCUT2D eigenvalue weighted by molar-refractivity contribution is 6.99. The summed E-state index contributed by atoms with van der Waals surface area (Å²) in [5.74, 6) is 1.01. The van der Waals surface area contributed by atoms with Crippen LogP contribution in [0.25, 0.3) is 10.9 Å². The lowest BCUT2D eigenvalue weighted by molar-refractivity contribution is -0.286. The molecule has 1 fully saturated rings. The number of halogens is 3. The fourth-order valence-electron chi connectivity index (χ4n) is 4.45. The van der Waals surface area contributed by atoms with E-state index < -0.39 is 6.29 Å². The smallest absolute Gasteiger partial charge is 0.395 e. The number of aromatic nitrogens is 4. The van der Waals surface area contributed by atoms with Crippen LogP contribution < -0.4 is 30.7 Å². The van der Waals surface area contributed by atoms with E-state index in [4.69, 9.17) is 17.0 Å². The number of benzene rings is 1. The third kappa shape index (κ3) is 3.40. The van der Waals surface area contributed by atoms with Crippen molar-refractivity contribution in [2.75, 3.05) is 41.8 Å². The molecule has 174 valence electrons. The number of fused-ring (bicyclic) bond motifs is 5. The summed E-state index contributed by atoms with van der Waals surface area (Å²) in [6, 6.07) is 3.26. The molecule has 11 nitrogen and oxygen atoms in total. The van der Waals surface area contributed by atoms with Gasteiger partial charge in [-0.05, 0) is 19.1 Å². The maximum absolute atomic E-state index is 13.6. The molecular formula is C18H18ClF2N9O2S. The van der Waals surface area contributed by atoms with Gasteiger partial charge < -0.3 is 19.7 Å². The summed E-state index contributed by atoms with van der Waals surface area (Å²) >= 11 is 7.23. The summed E-state index contributed by atoms with van der Waals surface area (Å²) in [5, 5.41) is 12.6. The predicted molar refractivity (Wildman–Crippen MR) is 117 cm³/mol. The van der Waals surface area contributed by atoms with E-state index >= 15 is 0 Å². The lowest BCUT2D eigenvalue weighted by Gasteiger charge is -2.40. The van der Waals surface area contributed by atoms with Crippen molar-refractivity contribution >= 4 is 45.9 Å². The Hall–Kier alpha value is -2.97. The van der Waals surface area contributed by atoms with E-state index in [-0.39, 0.29) is 34.8 Å². The second kappa shape index (κ2) is 7.27. The molecule has 3 aliphatic rings. The van der Waals surface area contributed by atoms with Gasteiger partial charge in [-0.2, -0.15) is 8.75 Å². The topological polar surface area (TPSA) is 116 Å². The molecule has 3 aliphatic heterocycles. The molecule has 0 bridgehead atoms. The van der Waals surface area contributed by atoms with Crippen molar-refractivity contribution in [2.45, 2.75) is 25.4 Å². The quantitative estimate of drug-likeness (QED) is 0.498. The Labute approximate surface area is 194 Å². The fraction of sp³-hybridized carbons (Fsp3) is 0.444. The van der Waals surface area contributed by atoms with Gasteiger partial charge in [0.15, 0.2) is 22.5 Å². The van der Waals surface area contributed by atoms with Crippen LogP contribution in [0.3, 0.4) is 0 Å². The number of ether oxygens (including phenoxy) is 2. The molecule has 15 heteroatoms. The van der Waals surface area contributed by atoms with Gasteiger partial charge in [0.2, 0.25) is 5.62 Å². The highest BCUT2D eigenvalue weighted by Gasteiger charge is 2.45. The Morgan fingerprint density at radius 1 is 1.30 bits per heavy atom. The average molecular weight is 498 g/mol. The van der Waals surface area contributed by atoms with Crippen molar-refractivity contribution < 1.29 is 18.3 Å². The average Bonchev–Trinajstić information content (AvgIpc) is 3.45. The normalized spacial score (nSPS) is 23.5. The number of hydrogen-bond acceptors (Lipinski definition) is 11. The molecule has 5 heterocycles. The largest absolute Gasteiger partial charge is 0.586 e. The number of piperazine rings is 1. The van der Waals surface area contributed by atoms with Crippen molar-refractivity contribution in [3.63, 3.8) is 0 Å².